The standard InChI is InChI=1S/C15H25NO/c1-17-14-8-6-4-2-3-5-7-9-15-10-12-16-13-11-15/h10-13H,2-9,14H2,1H3. The summed E-state index contributed by atoms with van der Waals surface area (Å²) in [5.41, 5.74) is 1.42. The first kappa shape index (κ1) is 14.2. The maximum absolute atomic E-state index is 5.03. The Hall–Kier alpha value is -0.890. The Labute approximate surface area is 105 Å². The molecule has 1 aromatic heterocycles. The van der Waals surface area contributed by atoms with E-state index in [9.17, 15) is 0 Å². The Morgan fingerprint density at radius 1 is 0.882 bits per heavy atom. The molecule has 0 N–H and O–H groups in total. The number of hydrogen-bond acceptors (Lipinski definition) is 2. The lowest BCUT2D eigenvalue weighted by atomic mass is 10.1. The summed E-state index contributed by atoms with van der Waals surface area (Å²) >= 11 is 0. The van der Waals surface area contributed by atoms with E-state index in [1.54, 1.807) is 7.11 Å². The maximum Gasteiger partial charge on any atom is 0.0462 e. The van der Waals surface area contributed by atoms with Crippen molar-refractivity contribution in [2.45, 2.75) is 51.4 Å². The number of methoxy groups -OCH3 is 1. The molecule has 0 aliphatic carbocycles. The van der Waals surface area contributed by atoms with Crippen LogP contribution in [0.5, 0.6) is 0 Å². The van der Waals surface area contributed by atoms with Gasteiger partial charge in [-0.2, -0.15) is 0 Å². The van der Waals surface area contributed by atoms with Gasteiger partial charge in [0.1, 0.15) is 0 Å². The van der Waals surface area contributed by atoms with Crippen LogP contribution in [-0.4, -0.2) is 18.7 Å². The lowest BCUT2D eigenvalue weighted by Crippen LogP contribution is -1.89. The molecule has 0 amide bonds. The van der Waals surface area contributed by atoms with E-state index in [1.165, 1.54) is 56.9 Å². The summed E-state index contributed by atoms with van der Waals surface area (Å²) in [7, 11) is 1.78. The van der Waals surface area contributed by atoms with Crippen molar-refractivity contribution < 1.29 is 4.74 Å². The first-order valence-electron chi connectivity index (χ1n) is 6.81. The zero-order chi connectivity index (χ0) is 12.2. The minimum absolute atomic E-state index is 0.919. The van der Waals surface area contributed by atoms with Gasteiger partial charge in [0, 0.05) is 26.1 Å². The van der Waals surface area contributed by atoms with Crippen LogP contribution in [0.25, 0.3) is 0 Å². The van der Waals surface area contributed by atoms with Crippen LogP contribution < -0.4 is 0 Å². The van der Waals surface area contributed by atoms with E-state index in [-0.39, 0.29) is 0 Å². The quantitative estimate of drug-likeness (QED) is 0.572. The van der Waals surface area contributed by atoms with Gasteiger partial charge in [-0.05, 0) is 37.0 Å². The van der Waals surface area contributed by atoms with E-state index >= 15 is 0 Å². The normalized spacial score (nSPS) is 10.6. The van der Waals surface area contributed by atoms with Gasteiger partial charge < -0.3 is 4.74 Å². The number of aromatic nitrogens is 1. The smallest absolute Gasteiger partial charge is 0.0462 e. The van der Waals surface area contributed by atoms with Crippen LogP contribution in [-0.2, 0) is 11.2 Å². The van der Waals surface area contributed by atoms with E-state index in [0.29, 0.717) is 0 Å². The number of rotatable bonds is 10. The molecule has 0 aliphatic rings. The fraction of sp³-hybridized carbons (Fsp3) is 0.667. The molecule has 2 heteroatoms. The molecule has 96 valence electrons. The van der Waals surface area contributed by atoms with Crippen LogP contribution in [0.15, 0.2) is 24.5 Å². The van der Waals surface area contributed by atoms with Crippen LogP contribution in [0.1, 0.15) is 50.5 Å². The van der Waals surface area contributed by atoms with Crippen molar-refractivity contribution in [1.29, 1.82) is 0 Å². The van der Waals surface area contributed by atoms with Crippen LogP contribution in [0, 0.1) is 0 Å². The van der Waals surface area contributed by atoms with Crippen LogP contribution in [0.2, 0.25) is 0 Å². The molecule has 1 heterocycles. The molecular weight excluding hydrogens is 210 g/mol. The molecule has 0 aromatic carbocycles. The second kappa shape index (κ2) is 10.3. The van der Waals surface area contributed by atoms with E-state index in [2.05, 4.69) is 17.1 Å². The maximum atomic E-state index is 5.03. The van der Waals surface area contributed by atoms with Crippen molar-refractivity contribution >= 4 is 0 Å². The summed E-state index contributed by atoms with van der Waals surface area (Å²) in [6.45, 7) is 0.919. The molecular formula is C15H25NO. The Bertz CT molecular complexity index is 261. The highest BCUT2D eigenvalue weighted by atomic mass is 16.5. The monoisotopic (exact) mass is 235 g/mol. The highest BCUT2D eigenvalue weighted by molar-refractivity contribution is 5.09. The largest absolute Gasteiger partial charge is 0.385 e. The van der Waals surface area contributed by atoms with Crippen molar-refractivity contribution in [2.75, 3.05) is 13.7 Å². The van der Waals surface area contributed by atoms with Gasteiger partial charge in [-0.1, -0.05) is 32.1 Å². The predicted molar refractivity (Wildman–Crippen MR) is 72.1 cm³/mol. The Balaban J connectivity index is 1.85. The van der Waals surface area contributed by atoms with Crippen LogP contribution in [0.4, 0.5) is 0 Å². The summed E-state index contributed by atoms with van der Waals surface area (Å²) in [4.78, 5) is 4.03. The summed E-state index contributed by atoms with van der Waals surface area (Å²) in [5, 5.41) is 0. The molecule has 1 rings (SSSR count). The molecule has 1 aromatic rings. The summed E-state index contributed by atoms with van der Waals surface area (Å²) in [5.74, 6) is 0. The molecule has 0 aliphatic heterocycles. The molecule has 0 bridgehead atoms. The first-order valence-corrected chi connectivity index (χ1v) is 6.81. The SMILES string of the molecule is COCCCCCCCCCc1ccncc1. The third-order valence-corrected chi connectivity index (χ3v) is 3.06. The van der Waals surface area contributed by atoms with Crippen molar-refractivity contribution in [3.8, 4) is 0 Å². The molecule has 0 saturated heterocycles. The van der Waals surface area contributed by atoms with E-state index in [0.717, 1.165) is 6.61 Å². The van der Waals surface area contributed by atoms with Crippen molar-refractivity contribution in [3.05, 3.63) is 30.1 Å². The summed E-state index contributed by atoms with van der Waals surface area (Å²) in [6, 6.07) is 4.23. The Morgan fingerprint density at radius 3 is 2.12 bits per heavy atom. The fourth-order valence-corrected chi connectivity index (χ4v) is 2.01. The number of pyridine rings is 1. The van der Waals surface area contributed by atoms with Gasteiger partial charge >= 0.3 is 0 Å². The summed E-state index contributed by atoms with van der Waals surface area (Å²) < 4.78 is 5.03. The minimum atomic E-state index is 0.919. The van der Waals surface area contributed by atoms with Gasteiger partial charge in [0.15, 0.2) is 0 Å². The van der Waals surface area contributed by atoms with Crippen molar-refractivity contribution in [3.63, 3.8) is 0 Å². The van der Waals surface area contributed by atoms with Crippen LogP contribution in [0.3, 0.4) is 0 Å². The molecule has 0 atom stereocenters. The topological polar surface area (TPSA) is 22.1 Å². The molecule has 17 heavy (non-hydrogen) atoms. The third-order valence-electron chi connectivity index (χ3n) is 3.06. The summed E-state index contributed by atoms with van der Waals surface area (Å²) in [6.07, 6.45) is 14.3. The average molecular weight is 235 g/mol. The molecule has 0 spiro atoms. The molecule has 0 saturated carbocycles. The van der Waals surface area contributed by atoms with Gasteiger partial charge in [-0.3, -0.25) is 4.98 Å². The highest BCUT2D eigenvalue weighted by Gasteiger charge is 1.94. The zero-order valence-corrected chi connectivity index (χ0v) is 11.0. The Kier molecular flexibility index (Phi) is 8.57. The fourth-order valence-electron chi connectivity index (χ4n) is 2.01. The zero-order valence-electron chi connectivity index (χ0n) is 11.0. The van der Waals surface area contributed by atoms with Crippen molar-refractivity contribution in [1.82, 2.24) is 4.98 Å². The number of nitrogens with zero attached hydrogens (tertiary/aromatic N) is 1. The Morgan fingerprint density at radius 2 is 1.47 bits per heavy atom. The number of ether oxygens (including phenoxy) is 1. The second-order valence-electron chi connectivity index (χ2n) is 4.57. The predicted octanol–water partition coefficient (Wildman–Crippen LogP) is 4.00. The first-order chi connectivity index (χ1) is 8.43. The molecule has 0 unspecified atom stereocenters. The lowest BCUT2D eigenvalue weighted by Gasteiger charge is -2.02. The van der Waals surface area contributed by atoms with Gasteiger partial charge in [0.05, 0.1) is 0 Å². The molecule has 0 fully saturated rings. The van der Waals surface area contributed by atoms with E-state index in [4.69, 9.17) is 4.74 Å². The number of aryl methyl sites for hydroxylation is 1. The van der Waals surface area contributed by atoms with E-state index in [1.807, 2.05) is 12.4 Å². The lowest BCUT2D eigenvalue weighted by molar-refractivity contribution is 0.192. The van der Waals surface area contributed by atoms with Gasteiger partial charge in [0.2, 0.25) is 0 Å². The van der Waals surface area contributed by atoms with Gasteiger partial charge in [0.25, 0.3) is 0 Å². The van der Waals surface area contributed by atoms with Gasteiger partial charge in [-0.15, -0.1) is 0 Å². The third kappa shape index (κ3) is 7.92. The molecule has 2 nitrogen and oxygen atoms in total. The molecule has 0 radical (unpaired) electrons. The van der Waals surface area contributed by atoms with Crippen molar-refractivity contribution in [2.24, 2.45) is 0 Å². The number of hydrogen-bond donors (Lipinski definition) is 0. The van der Waals surface area contributed by atoms with E-state index < -0.39 is 0 Å². The second-order valence-corrected chi connectivity index (χ2v) is 4.57. The minimum Gasteiger partial charge on any atom is -0.385 e. The average Bonchev–Trinajstić information content (AvgIpc) is 2.38. The highest BCUT2D eigenvalue weighted by Crippen LogP contribution is 2.10. The van der Waals surface area contributed by atoms with Crippen LogP contribution >= 0.6 is 0 Å². The number of unbranched alkanes of at least 4 members (excludes halogenated alkanes) is 6. The van der Waals surface area contributed by atoms with Gasteiger partial charge in [-0.25, -0.2) is 0 Å².